The molecule has 0 radical (unpaired) electrons. The van der Waals surface area contributed by atoms with Gasteiger partial charge >= 0.3 is 0 Å². The molecule has 0 saturated heterocycles. The van der Waals surface area contributed by atoms with Gasteiger partial charge in [0.2, 0.25) is 0 Å². The van der Waals surface area contributed by atoms with E-state index in [0.29, 0.717) is 26.1 Å². The molecule has 0 spiro atoms. The molecule has 0 bridgehead atoms. The number of rotatable bonds is 3. The van der Waals surface area contributed by atoms with Gasteiger partial charge in [-0.2, -0.15) is 0 Å². The van der Waals surface area contributed by atoms with Gasteiger partial charge in [0, 0.05) is 7.05 Å². The van der Waals surface area contributed by atoms with Crippen LogP contribution in [0.4, 0.5) is 11.5 Å². The number of para-hydroxylation sites is 2. The van der Waals surface area contributed by atoms with Gasteiger partial charge < -0.3 is 20.4 Å². The van der Waals surface area contributed by atoms with Crippen LogP contribution < -0.4 is 15.8 Å². The summed E-state index contributed by atoms with van der Waals surface area (Å²) in [6.45, 7) is 0. The van der Waals surface area contributed by atoms with Crippen LogP contribution in [0.3, 0.4) is 0 Å². The molecule has 1 aromatic heterocycles. The lowest BCUT2D eigenvalue weighted by atomic mass is 10.3. The van der Waals surface area contributed by atoms with Gasteiger partial charge in [-0.15, -0.1) is 0 Å². The molecule has 0 atom stereocenters. The Morgan fingerprint density at radius 1 is 1.47 bits per heavy atom. The average Bonchev–Trinajstić information content (AvgIpc) is 2.67. The monoisotopic (exact) mass is 295 g/mol. The van der Waals surface area contributed by atoms with Crippen molar-refractivity contribution in [2.24, 2.45) is 7.05 Å². The molecule has 0 aliphatic rings. The Bertz CT molecular complexity index is 676. The minimum Gasteiger partial charge on any atom is -0.495 e. The van der Waals surface area contributed by atoms with Gasteiger partial charge in [0.15, 0.2) is 3.95 Å². The number of benzene rings is 1. The predicted octanol–water partition coefficient (Wildman–Crippen LogP) is 2.66. The number of carbonyl (C=O) groups is 1. The highest BCUT2D eigenvalue weighted by atomic mass is 32.1. The number of amides is 1. The Labute approximate surface area is 119 Å². The summed E-state index contributed by atoms with van der Waals surface area (Å²) in [5, 5.41) is 2.77. The second-order valence-electron chi connectivity index (χ2n) is 3.80. The van der Waals surface area contributed by atoms with E-state index >= 15 is 0 Å². The Hall–Kier alpha value is -1.86. The summed E-state index contributed by atoms with van der Waals surface area (Å²) in [5.41, 5.74) is 6.44. The van der Waals surface area contributed by atoms with E-state index in [0.717, 1.165) is 0 Å². The average molecular weight is 295 g/mol. The van der Waals surface area contributed by atoms with Crippen LogP contribution in [0, 0.1) is 3.95 Å². The molecular formula is C12H13N3O2S2. The van der Waals surface area contributed by atoms with Crippen molar-refractivity contribution in [1.29, 1.82) is 0 Å². The Morgan fingerprint density at radius 2 is 2.16 bits per heavy atom. The van der Waals surface area contributed by atoms with Gasteiger partial charge in [0.25, 0.3) is 5.91 Å². The van der Waals surface area contributed by atoms with Crippen molar-refractivity contribution in [2.75, 3.05) is 18.2 Å². The SMILES string of the molecule is COc1ccccc1NC(=O)c1sc(=S)n(C)c1N. The quantitative estimate of drug-likeness (QED) is 0.854. The lowest BCUT2D eigenvalue weighted by Gasteiger charge is -2.09. The van der Waals surface area contributed by atoms with Crippen molar-refractivity contribution in [2.45, 2.75) is 0 Å². The highest BCUT2D eigenvalue weighted by Crippen LogP contribution is 2.26. The summed E-state index contributed by atoms with van der Waals surface area (Å²) in [7, 11) is 3.28. The van der Waals surface area contributed by atoms with Crippen LogP contribution in [-0.2, 0) is 7.05 Å². The molecule has 1 aromatic carbocycles. The number of nitrogens with zero attached hydrogens (tertiary/aromatic N) is 1. The molecule has 2 rings (SSSR count). The second-order valence-corrected chi connectivity index (χ2v) is 5.44. The highest BCUT2D eigenvalue weighted by molar-refractivity contribution is 7.73. The Balaban J connectivity index is 2.31. The zero-order chi connectivity index (χ0) is 14.0. The van der Waals surface area contributed by atoms with Crippen LogP contribution in [-0.4, -0.2) is 17.6 Å². The van der Waals surface area contributed by atoms with Crippen LogP contribution in [0.5, 0.6) is 5.75 Å². The molecule has 100 valence electrons. The third kappa shape index (κ3) is 2.61. The van der Waals surface area contributed by atoms with Gasteiger partial charge in [-0.3, -0.25) is 4.79 Å². The smallest absolute Gasteiger partial charge is 0.269 e. The minimum absolute atomic E-state index is 0.293. The van der Waals surface area contributed by atoms with Crippen molar-refractivity contribution in [1.82, 2.24) is 4.57 Å². The second kappa shape index (κ2) is 5.41. The van der Waals surface area contributed by atoms with Crippen molar-refractivity contribution in [3.05, 3.63) is 33.1 Å². The summed E-state index contributed by atoms with van der Waals surface area (Å²) < 4.78 is 7.34. The molecular weight excluding hydrogens is 282 g/mol. The van der Waals surface area contributed by atoms with E-state index in [1.165, 1.54) is 11.3 Å². The normalized spacial score (nSPS) is 10.2. The van der Waals surface area contributed by atoms with Crippen molar-refractivity contribution < 1.29 is 9.53 Å². The summed E-state index contributed by atoms with van der Waals surface area (Å²) in [4.78, 5) is 12.6. The number of hydrogen-bond acceptors (Lipinski definition) is 5. The van der Waals surface area contributed by atoms with Gasteiger partial charge in [0.1, 0.15) is 16.4 Å². The molecule has 0 saturated carbocycles. The summed E-state index contributed by atoms with van der Waals surface area (Å²) in [6, 6.07) is 7.17. The number of nitrogens with two attached hydrogens (primary N) is 1. The number of nitrogens with one attached hydrogen (secondary N) is 1. The van der Waals surface area contributed by atoms with Crippen molar-refractivity contribution in [3.63, 3.8) is 0 Å². The van der Waals surface area contributed by atoms with E-state index in [2.05, 4.69) is 5.32 Å². The fourth-order valence-electron chi connectivity index (χ4n) is 1.55. The molecule has 0 aliphatic heterocycles. The lowest BCUT2D eigenvalue weighted by molar-refractivity contribution is 0.103. The Morgan fingerprint density at radius 3 is 2.74 bits per heavy atom. The van der Waals surface area contributed by atoms with Gasteiger partial charge in [-0.25, -0.2) is 0 Å². The van der Waals surface area contributed by atoms with Crippen LogP contribution in [0.15, 0.2) is 24.3 Å². The predicted molar refractivity (Wildman–Crippen MR) is 79.5 cm³/mol. The fourth-order valence-corrected chi connectivity index (χ4v) is 2.69. The molecule has 1 heterocycles. The van der Waals surface area contributed by atoms with E-state index in [4.69, 9.17) is 22.7 Å². The van der Waals surface area contributed by atoms with Gasteiger partial charge in [-0.1, -0.05) is 23.5 Å². The van der Waals surface area contributed by atoms with Crippen molar-refractivity contribution >= 4 is 41.0 Å². The van der Waals surface area contributed by atoms with Crippen LogP contribution in [0.1, 0.15) is 9.67 Å². The van der Waals surface area contributed by atoms with Gasteiger partial charge in [-0.05, 0) is 24.4 Å². The number of thiazole rings is 1. The number of hydrogen-bond donors (Lipinski definition) is 2. The van der Waals surface area contributed by atoms with Gasteiger partial charge in [0.05, 0.1) is 12.8 Å². The van der Waals surface area contributed by atoms with E-state index in [1.807, 2.05) is 12.1 Å². The first-order valence-corrected chi connectivity index (χ1v) is 6.66. The van der Waals surface area contributed by atoms with E-state index in [9.17, 15) is 4.79 Å². The first-order valence-electron chi connectivity index (χ1n) is 5.44. The molecule has 1 amide bonds. The van der Waals surface area contributed by atoms with E-state index in [1.54, 1.807) is 30.9 Å². The van der Waals surface area contributed by atoms with Crippen LogP contribution in [0.25, 0.3) is 0 Å². The standard InChI is InChI=1S/C12H13N3O2S2/c1-15-10(13)9(19-12(15)18)11(16)14-7-5-3-4-6-8(7)17-2/h3-6H,13H2,1-2H3,(H,14,16). The number of carbonyl (C=O) groups excluding carboxylic acids is 1. The third-order valence-electron chi connectivity index (χ3n) is 2.62. The van der Waals surface area contributed by atoms with Crippen molar-refractivity contribution in [3.8, 4) is 5.75 Å². The molecule has 2 aromatic rings. The molecule has 0 aliphatic carbocycles. The Kier molecular flexibility index (Phi) is 3.87. The zero-order valence-corrected chi connectivity index (χ0v) is 12.1. The summed E-state index contributed by atoms with van der Waals surface area (Å²) >= 11 is 6.27. The molecule has 5 nitrogen and oxygen atoms in total. The number of methoxy groups -OCH3 is 1. The molecule has 3 N–H and O–H groups in total. The molecule has 0 fully saturated rings. The molecule has 0 unspecified atom stereocenters. The first kappa shape index (κ1) is 13.6. The number of ether oxygens (including phenoxy) is 1. The zero-order valence-electron chi connectivity index (χ0n) is 10.5. The molecule has 7 heteroatoms. The summed E-state index contributed by atoms with van der Waals surface area (Å²) in [6.07, 6.45) is 0. The summed E-state index contributed by atoms with van der Waals surface area (Å²) in [5.74, 6) is 0.662. The number of aromatic nitrogens is 1. The number of anilines is 2. The first-order chi connectivity index (χ1) is 9.04. The fraction of sp³-hybridized carbons (Fsp3) is 0.167. The lowest BCUT2D eigenvalue weighted by Crippen LogP contribution is -2.13. The largest absolute Gasteiger partial charge is 0.495 e. The van der Waals surface area contributed by atoms with E-state index in [-0.39, 0.29) is 5.91 Å². The third-order valence-corrected chi connectivity index (χ3v) is 4.19. The van der Waals surface area contributed by atoms with E-state index < -0.39 is 0 Å². The maximum absolute atomic E-state index is 12.2. The molecule has 19 heavy (non-hydrogen) atoms. The maximum Gasteiger partial charge on any atom is 0.269 e. The number of nitrogen functional groups attached to an aromatic ring is 1. The highest BCUT2D eigenvalue weighted by Gasteiger charge is 2.16. The maximum atomic E-state index is 12.2. The van der Waals surface area contributed by atoms with Crippen LogP contribution in [0.2, 0.25) is 0 Å². The topological polar surface area (TPSA) is 69.3 Å². The minimum atomic E-state index is -0.293. The van der Waals surface area contributed by atoms with Crippen LogP contribution >= 0.6 is 23.6 Å².